The number of alkyl halides is 3. The number of nitrogens with one attached hydrogen (secondary N) is 2. The van der Waals surface area contributed by atoms with Gasteiger partial charge in [0.1, 0.15) is 18.1 Å². The fraction of sp³-hybridized carbons (Fsp3) is 0.579. The predicted octanol–water partition coefficient (Wildman–Crippen LogP) is -1.16. The summed E-state index contributed by atoms with van der Waals surface area (Å²) >= 11 is 0. The maximum absolute atomic E-state index is 13.1. The smallest absolute Gasteiger partial charge is 0.475 e. The van der Waals surface area contributed by atoms with Crippen molar-refractivity contribution in [1.29, 1.82) is 0 Å². The number of primary amides is 1. The zero-order valence-corrected chi connectivity index (χ0v) is 18.2. The zero-order chi connectivity index (χ0) is 25.6. The number of hydrogen-bond donors (Lipinski definition) is 4. The quantitative estimate of drug-likeness (QED) is 0.388. The van der Waals surface area contributed by atoms with Crippen molar-refractivity contribution in [3.63, 3.8) is 0 Å². The van der Waals surface area contributed by atoms with Crippen LogP contribution in [0.2, 0.25) is 0 Å². The van der Waals surface area contributed by atoms with Crippen LogP contribution in [0.15, 0.2) is 12.5 Å². The second-order valence-corrected chi connectivity index (χ2v) is 7.81. The summed E-state index contributed by atoms with van der Waals surface area (Å²) < 4.78 is 33.5. The van der Waals surface area contributed by atoms with Gasteiger partial charge in [0.25, 0.3) is 0 Å². The molecule has 4 amide bonds. The van der Waals surface area contributed by atoms with Crippen LogP contribution in [0.3, 0.4) is 0 Å². The third-order valence-corrected chi connectivity index (χ3v) is 5.36. The van der Waals surface area contributed by atoms with Crippen LogP contribution in [-0.2, 0) is 37.4 Å². The molecular weight excluding hydrogens is 465 g/mol. The number of likely N-dealkylation sites (tertiary alicyclic amines) is 1. The minimum Gasteiger partial charge on any atom is -0.475 e. The van der Waals surface area contributed by atoms with Crippen molar-refractivity contribution in [3.05, 3.63) is 18.2 Å². The third-order valence-electron chi connectivity index (χ3n) is 5.36. The highest BCUT2D eigenvalue weighted by atomic mass is 19.4. The zero-order valence-electron chi connectivity index (χ0n) is 18.2. The van der Waals surface area contributed by atoms with E-state index >= 15 is 0 Å². The number of aliphatic carboxylic acids is 1. The Morgan fingerprint density at radius 1 is 1.32 bits per heavy atom. The van der Waals surface area contributed by atoms with Gasteiger partial charge in [0.05, 0.1) is 6.33 Å². The first kappa shape index (κ1) is 26.6. The van der Waals surface area contributed by atoms with Gasteiger partial charge in [0, 0.05) is 38.3 Å². The molecule has 0 saturated carbocycles. The van der Waals surface area contributed by atoms with Gasteiger partial charge in [-0.25, -0.2) is 9.78 Å². The summed E-state index contributed by atoms with van der Waals surface area (Å²) in [7, 11) is 1.80. The van der Waals surface area contributed by atoms with Crippen molar-refractivity contribution in [2.75, 3.05) is 6.54 Å². The Hall–Kier alpha value is -3.65. The number of aromatic nitrogens is 2. The first-order valence-corrected chi connectivity index (χ1v) is 10.3. The summed E-state index contributed by atoms with van der Waals surface area (Å²) in [5.41, 5.74) is 6.18. The lowest BCUT2D eigenvalue weighted by atomic mass is 10.1. The van der Waals surface area contributed by atoms with E-state index < -0.39 is 42.1 Å². The molecule has 3 heterocycles. The third kappa shape index (κ3) is 6.92. The summed E-state index contributed by atoms with van der Waals surface area (Å²) in [6.45, 7) is 0.421. The normalized spacial score (nSPS) is 20.7. The fourth-order valence-electron chi connectivity index (χ4n) is 3.60. The predicted molar refractivity (Wildman–Crippen MR) is 108 cm³/mol. The number of hydrogen-bond acceptors (Lipinski definition) is 6. The molecule has 188 valence electrons. The Morgan fingerprint density at radius 3 is 2.44 bits per heavy atom. The van der Waals surface area contributed by atoms with Crippen LogP contribution in [0, 0.1) is 0 Å². The van der Waals surface area contributed by atoms with Gasteiger partial charge in [-0.15, -0.1) is 0 Å². The lowest BCUT2D eigenvalue weighted by molar-refractivity contribution is -0.192. The number of nitrogens with zero attached hydrogens (tertiary/aromatic N) is 3. The van der Waals surface area contributed by atoms with E-state index in [9.17, 15) is 32.3 Å². The Labute approximate surface area is 191 Å². The van der Waals surface area contributed by atoms with Crippen LogP contribution in [0.4, 0.5) is 13.2 Å². The molecule has 2 fully saturated rings. The SMILES string of the molecule is Cn1cncc1C[C@H](NC(=O)[C@@H]1CCC(=O)N1)C(=O)N1CCC[C@H]1C(N)=O.O=C(O)C(F)(F)F. The number of rotatable bonds is 6. The number of carbonyl (C=O) groups excluding carboxylic acids is 4. The number of carbonyl (C=O) groups is 5. The second-order valence-electron chi connectivity index (χ2n) is 7.81. The van der Waals surface area contributed by atoms with Crippen molar-refractivity contribution >= 4 is 29.6 Å². The van der Waals surface area contributed by atoms with Gasteiger partial charge >= 0.3 is 12.1 Å². The van der Waals surface area contributed by atoms with E-state index in [4.69, 9.17) is 15.6 Å². The molecule has 3 atom stereocenters. The molecule has 0 spiro atoms. The molecule has 34 heavy (non-hydrogen) atoms. The highest BCUT2D eigenvalue weighted by Crippen LogP contribution is 2.19. The topological polar surface area (TPSA) is 177 Å². The highest BCUT2D eigenvalue weighted by molar-refractivity contribution is 5.95. The summed E-state index contributed by atoms with van der Waals surface area (Å²) in [6, 6.07) is -2.18. The summed E-state index contributed by atoms with van der Waals surface area (Å²) in [5.74, 6) is -4.24. The Morgan fingerprint density at radius 2 is 1.97 bits per heavy atom. The standard InChI is InChI=1S/C17H24N6O4.C2HF3O2/c1-22-9-19-8-10(22)7-12(21-16(26)11-4-5-14(24)20-11)17(27)23-6-2-3-13(23)15(18)25;3-2(4,5)1(6)7/h8-9,11-13H,2-7H2,1H3,(H2,18,25)(H,20,24)(H,21,26);(H,6,7)/t11-,12-,13-;/m0./s1. The summed E-state index contributed by atoms with van der Waals surface area (Å²) in [6.07, 6.45) is 0.261. The van der Waals surface area contributed by atoms with Crippen LogP contribution in [0.25, 0.3) is 0 Å². The highest BCUT2D eigenvalue weighted by Gasteiger charge is 2.39. The molecule has 0 radical (unpaired) electrons. The van der Waals surface area contributed by atoms with Gasteiger partial charge in [-0.05, 0) is 19.3 Å². The van der Waals surface area contributed by atoms with E-state index in [0.717, 1.165) is 5.69 Å². The fourth-order valence-corrected chi connectivity index (χ4v) is 3.60. The van der Waals surface area contributed by atoms with Crippen LogP contribution in [0.5, 0.6) is 0 Å². The lowest BCUT2D eigenvalue weighted by Crippen LogP contribution is -2.56. The molecule has 5 N–H and O–H groups in total. The van der Waals surface area contributed by atoms with Crippen molar-refractivity contribution < 1.29 is 42.3 Å². The second kappa shape index (κ2) is 11.0. The van der Waals surface area contributed by atoms with Gasteiger partial charge in [0.15, 0.2) is 0 Å². The molecular formula is C19H25F3N6O6. The van der Waals surface area contributed by atoms with Crippen molar-refractivity contribution in [1.82, 2.24) is 25.1 Å². The molecule has 3 rings (SSSR count). The molecule has 2 aliphatic rings. The lowest BCUT2D eigenvalue weighted by Gasteiger charge is -2.28. The molecule has 2 aliphatic heterocycles. The Balaban J connectivity index is 0.000000509. The van der Waals surface area contributed by atoms with E-state index in [0.29, 0.717) is 25.8 Å². The van der Waals surface area contributed by atoms with Crippen molar-refractivity contribution in [2.24, 2.45) is 12.8 Å². The molecule has 0 bridgehead atoms. The average Bonchev–Trinajstić information content (AvgIpc) is 3.48. The van der Waals surface area contributed by atoms with Gasteiger partial charge in [-0.1, -0.05) is 0 Å². The molecule has 12 nitrogen and oxygen atoms in total. The molecule has 15 heteroatoms. The molecule has 0 aliphatic carbocycles. The van der Waals surface area contributed by atoms with Gasteiger partial charge < -0.3 is 30.9 Å². The minimum atomic E-state index is -5.08. The molecule has 1 aromatic rings. The van der Waals surface area contributed by atoms with Gasteiger partial charge in [-0.2, -0.15) is 13.2 Å². The van der Waals surface area contributed by atoms with E-state index in [1.165, 1.54) is 4.90 Å². The molecule has 2 saturated heterocycles. The first-order chi connectivity index (χ1) is 15.8. The van der Waals surface area contributed by atoms with Crippen molar-refractivity contribution in [3.8, 4) is 0 Å². The van der Waals surface area contributed by atoms with E-state index in [2.05, 4.69) is 15.6 Å². The number of imidazole rings is 1. The van der Waals surface area contributed by atoms with Crippen LogP contribution < -0.4 is 16.4 Å². The summed E-state index contributed by atoms with van der Waals surface area (Å²) in [4.78, 5) is 63.0. The number of halogens is 3. The average molecular weight is 490 g/mol. The molecule has 0 aromatic carbocycles. The Kier molecular flexibility index (Phi) is 8.59. The largest absolute Gasteiger partial charge is 0.490 e. The summed E-state index contributed by atoms with van der Waals surface area (Å²) in [5, 5.41) is 12.5. The number of nitrogens with two attached hydrogens (primary N) is 1. The minimum absolute atomic E-state index is 0.182. The van der Waals surface area contributed by atoms with Crippen LogP contribution in [-0.4, -0.2) is 80.0 Å². The maximum atomic E-state index is 13.1. The van der Waals surface area contributed by atoms with E-state index in [1.807, 2.05) is 0 Å². The van der Waals surface area contributed by atoms with Crippen LogP contribution >= 0.6 is 0 Å². The monoisotopic (exact) mass is 490 g/mol. The van der Waals surface area contributed by atoms with E-state index in [-0.39, 0.29) is 24.7 Å². The first-order valence-electron chi connectivity index (χ1n) is 10.3. The van der Waals surface area contributed by atoms with Crippen molar-refractivity contribution in [2.45, 2.75) is 56.4 Å². The van der Waals surface area contributed by atoms with Gasteiger partial charge in [0.2, 0.25) is 23.6 Å². The number of carboxylic acid groups (broad SMARTS) is 1. The molecule has 0 unspecified atom stereocenters. The number of amides is 4. The number of aryl methyl sites for hydroxylation is 1. The maximum Gasteiger partial charge on any atom is 0.490 e. The molecule has 1 aromatic heterocycles. The van der Waals surface area contributed by atoms with Gasteiger partial charge in [-0.3, -0.25) is 19.2 Å². The van der Waals surface area contributed by atoms with Crippen LogP contribution in [0.1, 0.15) is 31.4 Å². The Bertz CT molecular complexity index is 949. The van der Waals surface area contributed by atoms with E-state index in [1.54, 1.807) is 24.1 Å². The number of carboxylic acids is 1.